The van der Waals surface area contributed by atoms with Crippen LogP contribution in [0.15, 0.2) is 6.07 Å². The number of rotatable bonds is 2. The fourth-order valence-corrected chi connectivity index (χ4v) is 3.20. The molecule has 2 saturated heterocycles. The van der Waals surface area contributed by atoms with E-state index in [1.54, 1.807) is 0 Å². The topological polar surface area (TPSA) is 60.6 Å². The Morgan fingerprint density at radius 3 is 2.50 bits per heavy atom. The van der Waals surface area contributed by atoms with E-state index >= 15 is 0 Å². The van der Waals surface area contributed by atoms with Gasteiger partial charge in [0.25, 0.3) is 0 Å². The van der Waals surface area contributed by atoms with Gasteiger partial charge in [0.05, 0.1) is 13.2 Å². The third kappa shape index (κ3) is 2.41. The van der Waals surface area contributed by atoms with E-state index in [4.69, 9.17) is 20.2 Å². The summed E-state index contributed by atoms with van der Waals surface area (Å²) < 4.78 is 11.6. The number of aromatic nitrogens is 1. The lowest BCUT2D eigenvalue weighted by molar-refractivity contribution is -0.169. The summed E-state index contributed by atoms with van der Waals surface area (Å²) in [5.74, 6) is 0.705. The van der Waals surface area contributed by atoms with Crippen molar-refractivity contribution < 1.29 is 9.47 Å². The molecule has 0 saturated carbocycles. The lowest BCUT2D eigenvalue weighted by Gasteiger charge is -2.39. The summed E-state index contributed by atoms with van der Waals surface area (Å²) in [6, 6.07) is 2.10. The van der Waals surface area contributed by atoms with Gasteiger partial charge >= 0.3 is 0 Å². The standard InChI is InChI=1S/C15H23N3O2/c1-11-9-12(2)17-14(13(11)10-16)18-5-3-15(4-6-18)19-7-8-20-15/h9H,3-8,10,16H2,1-2H3. The van der Waals surface area contributed by atoms with Crippen LogP contribution in [0.4, 0.5) is 5.82 Å². The Kier molecular flexibility index (Phi) is 3.67. The predicted octanol–water partition coefficient (Wildman–Crippen LogP) is 1.50. The van der Waals surface area contributed by atoms with Crippen molar-refractivity contribution in [3.63, 3.8) is 0 Å². The average Bonchev–Trinajstić information content (AvgIpc) is 2.87. The van der Waals surface area contributed by atoms with Crippen LogP contribution >= 0.6 is 0 Å². The highest BCUT2D eigenvalue weighted by Gasteiger charge is 2.40. The molecular weight excluding hydrogens is 254 g/mol. The number of nitrogens with zero attached hydrogens (tertiary/aromatic N) is 2. The first-order valence-electron chi connectivity index (χ1n) is 7.34. The quantitative estimate of drug-likeness (QED) is 0.887. The summed E-state index contributed by atoms with van der Waals surface area (Å²) in [5.41, 5.74) is 9.33. The Bertz CT molecular complexity index is 488. The van der Waals surface area contributed by atoms with E-state index in [9.17, 15) is 0 Å². The summed E-state index contributed by atoms with van der Waals surface area (Å²) in [7, 11) is 0. The molecule has 2 fully saturated rings. The second-order valence-corrected chi connectivity index (χ2v) is 5.68. The van der Waals surface area contributed by atoms with Gasteiger partial charge in [0.15, 0.2) is 5.79 Å². The molecule has 110 valence electrons. The van der Waals surface area contributed by atoms with Crippen LogP contribution in [-0.4, -0.2) is 37.1 Å². The number of anilines is 1. The SMILES string of the molecule is Cc1cc(C)c(CN)c(N2CCC3(CC2)OCCO3)n1. The van der Waals surface area contributed by atoms with Crippen molar-refractivity contribution in [2.75, 3.05) is 31.2 Å². The maximum absolute atomic E-state index is 5.91. The van der Waals surface area contributed by atoms with Crippen molar-refractivity contribution in [3.05, 3.63) is 22.9 Å². The first-order valence-corrected chi connectivity index (χ1v) is 7.34. The number of nitrogens with two attached hydrogens (primary N) is 1. The van der Waals surface area contributed by atoms with Crippen LogP contribution in [0.3, 0.4) is 0 Å². The monoisotopic (exact) mass is 277 g/mol. The van der Waals surface area contributed by atoms with Gasteiger partial charge in [0.1, 0.15) is 5.82 Å². The van der Waals surface area contributed by atoms with Gasteiger partial charge in [-0.25, -0.2) is 4.98 Å². The molecule has 1 aromatic rings. The Balaban J connectivity index is 1.81. The van der Waals surface area contributed by atoms with Crippen LogP contribution in [0.5, 0.6) is 0 Å². The van der Waals surface area contributed by atoms with Crippen LogP contribution in [0.25, 0.3) is 0 Å². The second kappa shape index (κ2) is 5.31. The number of ether oxygens (including phenoxy) is 2. The molecular formula is C15H23N3O2. The third-order valence-corrected chi connectivity index (χ3v) is 4.30. The number of hydrogen-bond acceptors (Lipinski definition) is 5. The zero-order chi connectivity index (χ0) is 14.2. The summed E-state index contributed by atoms with van der Waals surface area (Å²) in [4.78, 5) is 7.03. The van der Waals surface area contributed by atoms with Gasteiger partial charge in [0.2, 0.25) is 0 Å². The second-order valence-electron chi connectivity index (χ2n) is 5.68. The van der Waals surface area contributed by atoms with Gasteiger partial charge in [-0.15, -0.1) is 0 Å². The van der Waals surface area contributed by atoms with E-state index < -0.39 is 0 Å². The van der Waals surface area contributed by atoms with E-state index in [2.05, 4.69) is 17.9 Å². The van der Waals surface area contributed by atoms with Crippen molar-refractivity contribution in [2.45, 2.75) is 39.0 Å². The molecule has 0 amide bonds. The minimum atomic E-state index is -0.335. The van der Waals surface area contributed by atoms with E-state index in [0.717, 1.165) is 56.2 Å². The normalized spacial score (nSPS) is 21.6. The number of piperidine rings is 1. The molecule has 0 unspecified atom stereocenters. The zero-order valence-corrected chi connectivity index (χ0v) is 12.3. The highest BCUT2D eigenvalue weighted by atomic mass is 16.7. The minimum Gasteiger partial charge on any atom is -0.356 e. The zero-order valence-electron chi connectivity index (χ0n) is 12.3. The fraction of sp³-hybridized carbons (Fsp3) is 0.667. The van der Waals surface area contributed by atoms with Gasteiger partial charge < -0.3 is 20.1 Å². The van der Waals surface area contributed by atoms with Crippen LogP contribution in [0.1, 0.15) is 29.7 Å². The Labute approximate surface area is 120 Å². The minimum absolute atomic E-state index is 0.335. The van der Waals surface area contributed by atoms with Crippen LogP contribution in [-0.2, 0) is 16.0 Å². The predicted molar refractivity (Wildman–Crippen MR) is 77.7 cm³/mol. The Hall–Kier alpha value is -1.17. The molecule has 2 aliphatic rings. The van der Waals surface area contributed by atoms with Crippen molar-refractivity contribution in [1.29, 1.82) is 0 Å². The van der Waals surface area contributed by atoms with Crippen molar-refractivity contribution in [2.24, 2.45) is 5.73 Å². The van der Waals surface area contributed by atoms with Crippen LogP contribution < -0.4 is 10.6 Å². The van der Waals surface area contributed by atoms with E-state index in [1.165, 1.54) is 5.56 Å². The summed E-state index contributed by atoms with van der Waals surface area (Å²) >= 11 is 0. The van der Waals surface area contributed by atoms with Gasteiger partial charge in [-0.3, -0.25) is 0 Å². The van der Waals surface area contributed by atoms with Gasteiger partial charge in [0, 0.05) is 43.7 Å². The van der Waals surface area contributed by atoms with Crippen LogP contribution in [0, 0.1) is 13.8 Å². The Morgan fingerprint density at radius 1 is 1.25 bits per heavy atom. The maximum atomic E-state index is 5.91. The molecule has 5 heteroatoms. The molecule has 1 spiro atoms. The number of pyridine rings is 1. The molecule has 1 aromatic heterocycles. The van der Waals surface area contributed by atoms with Crippen LogP contribution in [0.2, 0.25) is 0 Å². The van der Waals surface area contributed by atoms with Crippen molar-refractivity contribution in [3.8, 4) is 0 Å². The van der Waals surface area contributed by atoms with Gasteiger partial charge in [-0.1, -0.05) is 0 Å². The van der Waals surface area contributed by atoms with Crippen molar-refractivity contribution >= 4 is 5.82 Å². The van der Waals surface area contributed by atoms with E-state index in [0.29, 0.717) is 6.54 Å². The highest BCUT2D eigenvalue weighted by molar-refractivity contribution is 5.52. The van der Waals surface area contributed by atoms with Crippen molar-refractivity contribution in [1.82, 2.24) is 4.98 Å². The van der Waals surface area contributed by atoms with E-state index in [1.807, 2.05) is 6.92 Å². The molecule has 0 atom stereocenters. The Morgan fingerprint density at radius 2 is 1.90 bits per heavy atom. The molecule has 5 nitrogen and oxygen atoms in total. The average molecular weight is 277 g/mol. The molecule has 20 heavy (non-hydrogen) atoms. The molecule has 0 radical (unpaired) electrons. The summed E-state index contributed by atoms with van der Waals surface area (Å²) in [5, 5.41) is 0. The van der Waals surface area contributed by atoms with Gasteiger partial charge in [-0.2, -0.15) is 0 Å². The molecule has 2 aliphatic heterocycles. The molecule has 2 N–H and O–H groups in total. The summed E-state index contributed by atoms with van der Waals surface area (Å²) in [6.07, 6.45) is 1.79. The molecule has 0 aliphatic carbocycles. The first-order chi connectivity index (χ1) is 9.63. The maximum Gasteiger partial charge on any atom is 0.171 e. The lowest BCUT2D eigenvalue weighted by Crippen LogP contribution is -2.45. The van der Waals surface area contributed by atoms with Gasteiger partial charge in [-0.05, 0) is 25.5 Å². The smallest absolute Gasteiger partial charge is 0.171 e. The third-order valence-electron chi connectivity index (χ3n) is 4.30. The number of aryl methyl sites for hydroxylation is 2. The van der Waals surface area contributed by atoms with E-state index in [-0.39, 0.29) is 5.79 Å². The largest absolute Gasteiger partial charge is 0.356 e. The fourth-order valence-electron chi connectivity index (χ4n) is 3.20. The molecule has 0 bridgehead atoms. The molecule has 0 aromatic carbocycles. The first kappa shape index (κ1) is 13.8. The lowest BCUT2D eigenvalue weighted by atomic mass is 10.0. The molecule has 3 heterocycles. The highest BCUT2D eigenvalue weighted by Crippen LogP contribution is 2.34. The number of hydrogen-bond donors (Lipinski definition) is 1. The summed E-state index contributed by atoms with van der Waals surface area (Å²) in [6.45, 7) is 7.92. The molecule has 3 rings (SSSR count).